The average Bonchev–Trinajstić information content (AvgIpc) is 2.76. The average molecular weight is 261 g/mol. The molecule has 19 heavy (non-hydrogen) atoms. The van der Waals surface area contributed by atoms with Crippen molar-refractivity contribution in [1.82, 2.24) is 9.55 Å². The first-order valence-electron chi connectivity index (χ1n) is 7.01. The molecule has 0 aliphatic heterocycles. The molecule has 0 radical (unpaired) electrons. The zero-order valence-electron chi connectivity index (χ0n) is 11.3. The highest BCUT2D eigenvalue weighted by Gasteiger charge is 2.25. The molecule has 102 valence electrons. The second kappa shape index (κ2) is 4.93. The zero-order valence-corrected chi connectivity index (χ0v) is 11.3. The highest BCUT2D eigenvalue weighted by atomic mass is 19.1. The fourth-order valence-electron chi connectivity index (χ4n) is 3.20. The van der Waals surface area contributed by atoms with Gasteiger partial charge in [0.15, 0.2) is 0 Å². The minimum absolute atomic E-state index is 0.200. The fraction of sp³-hybridized carbons (Fsp3) is 0.533. The molecular formula is C15H20FN3. The number of aryl methyl sites for hydroxylation is 1. The number of benzene rings is 1. The second-order valence-corrected chi connectivity index (χ2v) is 5.62. The van der Waals surface area contributed by atoms with Gasteiger partial charge in [-0.3, -0.25) is 0 Å². The van der Waals surface area contributed by atoms with Crippen LogP contribution in [0.2, 0.25) is 0 Å². The number of aromatic nitrogens is 2. The Bertz CT molecular complexity index is 582. The van der Waals surface area contributed by atoms with E-state index in [-0.39, 0.29) is 5.82 Å². The molecule has 1 aromatic heterocycles. The van der Waals surface area contributed by atoms with Crippen LogP contribution >= 0.6 is 0 Å². The molecule has 0 unspecified atom stereocenters. The molecule has 0 spiro atoms. The van der Waals surface area contributed by atoms with Crippen LogP contribution in [0.3, 0.4) is 0 Å². The minimum Gasteiger partial charge on any atom is -0.331 e. The molecule has 2 N–H and O–H groups in total. The van der Waals surface area contributed by atoms with Gasteiger partial charge in [0.05, 0.1) is 11.0 Å². The van der Waals surface area contributed by atoms with E-state index >= 15 is 0 Å². The summed E-state index contributed by atoms with van der Waals surface area (Å²) in [7, 11) is 1.99. The van der Waals surface area contributed by atoms with Crippen LogP contribution in [0.4, 0.5) is 4.39 Å². The third kappa shape index (κ3) is 2.25. The van der Waals surface area contributed by atoms with Crippen LogP contribution in [0, 0.1) is 11.7 Å². The molecule has 1 saturated carbocycles. The van der Waals surface area contributed by atoms with Gasteiger partial charge in [0.2, 0.25) is 0 Å². The van der Waals surface area contributed by atoms with Gasteiger partial charge in [-0.25, -0.2) is 9.37 Å². The van der Waals surface area contributed by atoms with Crippen molar-refractivity contribution >= 4 is 11.0 Å². The summed E-state index contributed by atoms with van der Waals surface area (Å²) in [4.78, 5) is 4.69. The predicted molar refractivity (Wildman–Crippen MR) is 74.4 cm³/mol. The van der Waals surface area contributed by atoms with E-state index in [2.05, 4.69) is 0 Å². The highest BCUT2D eigenvalue weighted by Crippen LogP contribution is 2.35. The SMILES string of the molecule is Cn1c(C2CCC(CN)CC2)nc2ccc(F)cc21. The summed E-state index contributed by atoms with van der Waals surface area (Å²) in [6.07, 6.45) is 4.64. The Labute approximate surface area is 112 Å². The summed E-state index contributed by atoms with van der Waals surface area (Å²) in [6, 6.07) is 4.81. The summed E-state index contributed by atoms with van der Waals surface area (Å²) >= 11 is 0. The number of hydrogen-bond donors (Lipinski definition) is 1. The Balaban J connectivity index is 1.91. The molecular weight excluding hydrogens is 241 g/mol. The third-order valence-electron chi connectivity index (χ3n) is 4.42. The first-order chi connectivity index (χ1) is 9.19. The summed E-state index contributed by atoms with van der Waals surface area (Å²) in [5.41, 5.74) is 7.51. The van der Waals surface area contributed by atoms with Crippen molar-refractivity contribution in [3.8, 4) is 0 Å². The number of hydrogen-bond acceptors (Lipinski definition) is 2. The van der Waals surface area contributed by atoms with Crippen LogP contribution in [0.5, 0.6) is 0 Å². The topological polar surface area (TPSA) is 43.8 Å². The van der Waals surface area contributed by atoms with Crippen molar-refractivity contribution in [3.63, 3.8) is 0 Å². The van der Waals surface area contributed by atoms with Crippen LogP contribution < -0.4 is 5.73 Å². The molecule has 1 aliphatic carbocycles. The summed E-state index contributed by atoms with van der Waals surface area (Å²) in [5, 5.41) is 0. The summed E-state index contributed by atoms with van der Waals surface area (Å²) in [5.74, 6) is 2.05. The molecule has 1 fully saturated rings. The van der Waals surface area contributed by atoms with Crippen LogP contribution in [0.1, 0.15) is 37.4 Å². The summed E-state index contributed by atoms with van der Waals surface area (Å²) < 4.78 is 15.4. The highest BCUT2D eigenvalue weighted by molar-refractivity contribution is 5.76. The molecule has 3 rings (SSSR count). The van der Waals surface area contributed by atoms with Crippen molar-refractivity contribution in [2.75, 3.05) is 6.54 Å². The second-order valence-electron chi connectivity index (χ2n) is 5.62. The van der Waals surface area contributed by atoms with Gasteiger partial charge in [0, 0.05) is 13.0 Å². The number of nitrogens with two attached hydrogens (primary N) is 1. The number of fused-ring (bicyclic) bond motifs is 1. The fourth-order valence-corrected chi connectivity index (χ4v) is 3.20. The van der Waals surface area contributed by atoms with E-state index in [4.69, 9.17) is 10.7 Å². The zero-order chi connectivity index (χ0) is 13.4. The first-order valence-corrected chi connectivity index (χ1v) is 7.01. The molecule has 1 aliphatic rings. The van der Waals surface area contributed by atoms with Crippen molar-refractivity contribution in [2.45, 2.75) is 31.6 Å². The van der Waals surface area contributed by atoms with Gasteiger partial charge in [-0.15, -0.1) is 0 Å². The standard InChI is InChI=1S/C15H20FN3/c1-19-14-8-12(16)6-7-13(14)18-15(19)11-4-2-10(9-17)3-5-11/h6-8,10-11H,2-5,9,17H2,1H3. The minimum atomic E-state index is -0.200. The number of nitrogens with zero attached hydrogens (tertiary/aromatic N) is 2. The third-order valence-corrected chi connectivity index (χ3v) is 4.42. The largest absolute Gasteiger partial charge is 0.331 e. The molecule has 1 aromatic carbocycles. The lowest BCUT2D eigenvalue weighted by molar-refractivity contribution is 0.323. The van der Waals surface area contributed by atoms with Crippen molar-refractivity contribution in [3.05, 3.63) is 29.8 Å². The lowest BCUT2D eigenvalue weighted by Crippen LogP contribution is -2.21. The van der Waals surface area contributed by atoms with E-state index in [1.807, 2.05) is 11.6 Å². The number of rotatable bonds is 2. The van der Waals surface area contributed by atoms with Crippen LogP contribution in [-0.4, -0.2) is 16.1 Å². The predicted octanol–water partition coefficient (Wildman–Crippen LogP) is 2.94. The van der Waals surface area contributed by atoms with Crippen LogP contribution in [0.25, 0.3) is 11.0 Å². The molecule has 4 heteroatoms. The molecule has 1 heterocycles. The lowest BCUT2D eigenvalue weighted by atomic mass is 9.81. The van der Waals surface area contributed by atoms with E-state index in [1.165, 1.54) is 18.9 Å². The number of imidazole rings is 1. The molecule has 0 bridgehead atoms. The van der Waals surface area contributed by atoms with Crippen molar-refractivity contribution in [2.24, 2.45) is 18.7 Å². The van der Waals surface area contributed by atoms with E-state index in [0.29, 0.717) is 11.8 Å². The Morgan fingerprint density at radius 3 is 2.74 bits per heavy atom. The number of halogens is 1. The van der Waals surface area contributed by atoms with Gasteiger partial charge in [-0.2, -0.15) is 0 Å². The van der Waals surface area contributed by atoms with Crippen molar-refractivity contribution < 1.29 is 4.39 Å². The Morgan fingerprint density at radius 1 is 1.32 bits per heavy atom. The van der Waals surface area contributed by atoms with E-state index in [9.17, 15) is 4.39 Å². The Kier molecular flexibility index (Phi) is 3.27. The van der Waals surface area contributed by atoms with Gasteiger partial charge in [-0.1, -0.05) is 0 Å². The lowest BCUT2D eigenvalue weighted by Gasteiger charge is -2.27. The van der Waals surface area contributed by atoms with Gasteiger partial charge < -0.3 is 10.3 Å². The van der Waals surface area contributed by atoms with Gasteiger partial charge >= 0.3 is 0 Å². The van der Waals surface area contributed by atoms with Crippen LogP contribution in [0.15, 0.2) is 18.2 Å². The smallest absolute Gasteiger partial charge is 0.125 e. The first kappa shape index (κ1) is 12.6. The molecule has 0 saturated heterocycles. The van der Waals surface area contributed by atoms with Gasteiger partial charge in [0.1, 0.15) is 11.6 Å². The van der Waals surface area contributed by atoms with Gasteiger partial charge in [-0.05, 0) is 56.3 Å². The Hall–Kier alpha value is -1.42. The van der Waals surface area contributed by atoms with Crippen molar-refractivity contribution in [1.29, 1.82) is 0 Å². The van der Waals surface area contributed by atoms with E-state index < -0.39 is 0 Å². The monoisotopic (exact) mass is 261 g/mol. The van der Waals surface area contributed by atoms with E-state index in [0.717, 1.165) is 36.2 Å². The van der Waals surface area contributed by atoms with Crippen LogP contribution in [-0.2, 0) is 7.05 Å². The molecule has 2 aromatic rings. The Morgan fingerprint density at radius 2 is 2.05 bits per heavy atom. The summed E-state index contributed by atoms with van der Waals surface area (Å²) in [6.45, 7) is 0.792. The molecule has 3 nitrogen and oxygen atoms in total. The normalized spacial score (nSPS) is 23.9. The van der Waals surface area contributed by atoms with Gasteiger partial charge in [0.25, 0.3) is 0 Å². The maximum Gasteiger partial charge on any atom is 0.125 e. The molecule has 0 atom stereocenters. The van der Waals surface area contributed by atoms with E-state index in [1.54, 1.807) is 12.1 Å². The quantitative estimate of drug-likeness (QED) is 0.903. The maximum atomic E-state index is 13.3. The maximum absolute atomic E-state index is 13.3. The molecule has 0 amide bonds.